The van der Waals surface area contributed by atoms with Gasteiger partial charge in [-0.05, 0) is 42.9 Å². The zero-order valence-electron chi connectivity index (χ0n) is 11.8. The van der Waals surface area contributed by atoms with Gasteiger partial charge in [-0.15, -0.1) is 12.4 Å². The molecule has 0 heterocycles. The van der Waals surface area contributed by atoms with Crippen LogP contribution in [-0.4, -0.2) is 25.6 Å². The molecule has 0 aliphatic heterocycles. The van der Waals surface area contributed by atoms with Crippen molar-refractivity contribution in [2.24, 2.45) is 11.7 Å². The van der Waals surface area contributed by atoms with Gasteiger partial charge in [-0.1, -0.05) is 12.1 Å². The van der Waals surface area contributed by atoms with Gasteiger partial charge in [0, 0.05) is 19.0 Å². The quantitative estimate of drug-likeness (QED) is 0.808. The molecule has 0 spiro atoms. The zero-order chi connectivity index (χ0) is 13.7. The molecule has 1 aliphatic carbocycles. The van der Waals surface area contributed by atoms with Gasteiger partial charge in [0.2, 0.25) is 5.91 Å². The van der Waals surface area contributed by atoms with Crippen molar-refractivity contribution in [2.75, 3.05) is 13.7 Å². The van der Waals surface area contributed by atoms with E-state index in [2.05, 4.69) is 5.32 Å². The van der Waals surface area contributed by atoms with E-state index in [1.165, 1.54) is 12.8 Å². The normalized spacial score (nSPS) is 15.1. The predicted octanol–water partition coefficient (Wildman–Crippen LogP) is 1.90. The van der Waals surface area contributed by atoms with Crippen molar-refractivity contribution in [3.63, 3.8) is 0 Å². The molecule has 0 saturated heterocycles. The van der Waals surface area contributed by atoms with Crippen LogP contribution in [-0.2, 0) is 11.2 Å². The smallest absolute Gasteiger partial charge is 0.220 e. The van der Waals surface area contributed by atoms with E-state index < -0.39 is 0 Å². The number of aryl methyl sites for hydroxylation is 1. The highest BCUT2D eigenvalue weighted by Gasteiger charge is 2.28. The van der Waals surface area contributed by atoms with Gasteiger partial charge in [-0.25, -0.2) is 0 Å². The first-order valence-corrected chi connectivity index (χ1v) is 6.84. The molecule has 1 amide bonds. The highest BCUT2D eigenvalue weighted by molar-refractivity contribution is 5.85. The Morgan fingerprint density at radius 3 is 2.60 bits per heavy atom. The summed E-state index contributed by atoms with van der Waals surface area (Å²) in [6, 6.07) is 7.93. The molecule has 4 nitrogen and oxygen atoms in total. The van der Waals surface area contributed by atoms with Crippen LogP contribution in [0.3, 0.4) is 0 Å². The van der Waals surface area contributed by atoms with Gasteiger partial charge >= 0.3 is 0 Å². The Morgan fingerprint density at radius 2 is 2.05 bits per heavy atom. The van der Waals surface area contributed by atoms with Crippen LogP contribution in [0.5, 0.6) is 5.75 Å². The number of carbonyl (C=O) groups excluding carboxylic acids is 1. The summed E-state index contributed by atoms with van der Waals surface area (Å²) >= 11 is 0. The third-order valence-electron chi connectivity index (χ3n) is 3.56. The summed E-state index contributed by atoms with van der Waals surface area (Å²) < 4.78 is 5.09. The van der Waals surface area contributed by atoms with Crippen molar-refractivity contribution in [3.8, 4) is 5.75 Å². The number of hydrogen-bond donors (Lipinski definition) is 2. The number of rotatable bonds is 7. The number of hydrogen-bond acceptors (Lipinski definition) is 3. The summed E-state index contributed by atoms with van der Waals surface area (Å²) in [5, 5.41) is 2.91. The maximum Gasteiger partial charge on any atom is 0.220 e. The molecule has 1 saturated carbocycles. The molecule has 0 bridgehead atoms. The van der Waals surface area contributed by atoms with Crippen LogP contribution in [0.2, 0.25) is 0 Å². The first kappa shape index (κ1) is 16.8. The largest absolute Gasteiger partial charge is 0.497 e. The topological polar surface area (TPSA) is 64.3 Å². The average Bonchev–Trinajstić information content (AvgIpc) is 3.27. The number of carbonyl (C=O) groups is 1. The molecule has 1 aliphatic rings. The molecule has 3 N–H and O–H groups in total. The van der Waals surface area contributed by atoms with Crippen LogP contribution in [0.1, 0.15) is 24.8 Å². The molecule has 0 aromatic heterocycles. The Bertz CT molecular complexity index is 418. The molecular weight excluding hydrogens is 276 g/mol. The summed E-state index contributed by atoms with van der Waals surface area (Å²) in [5.74, 6) is 1.54. The Labute approximate surface area is 126 Å². The van der Waals surface area contributed by atoms with E-state index in [1.807, 2.05) is 24.3 Å². The Hall–Kier alpha value is -1.26. The summed E-state index contributed by atoms with van der Waals surface area (Å²) in [6.07, 6.45) is 3.67. The fourth-order valence-corrected chi connectivity index (χ4v) is 2.06. The number of amides is 1. The Balaban J connectivity index is 0.00000200. The third kappa shape index (κ3) is 5.39. The number of halogens is 1. The first-order chi connectivity index (χ1) is 9.19. The lowest BCUT2D eigenvalue weighted by molar-refractivity contribution is -0.121. The highest BCUT2D eigenvalue weighted by Crippen LogP contribution is 2.31. The van der Waals surface area contributed by atoms with Crippen LogP contribution in [0.25, 0.3) is 0 Å². The van der Waals surface area contributed by atoms with Crippen molar-refractivity contribution < 1.29 is 9.53 Å². The van der Waals surface area contributed by atoms with Crippen molar-refractivity contribution in [1.82, 2.24) is 5.32 Å². The van der Waals surface area contributed by atoms with Crippen LogP contribution < -0.4 is 15.8 Å². The second kappa shape index (κ2) is 8.12. The first-order valence-electron chi connectivity index (χ1n) is 6.84. The lowest BCUT2D eigenvalue weighted by Gasteiger charge is -2.11. The maximum atomic E-state index is 11.7. The van der Waals surface area contributed by atoms with Gasteiger partial charge in [-0.3, -0.25) is 4.79 Å². The van der Waals surface area contributed by atoms with Gasteiger partial charge in [0.25, 0.3) is 0 Å². The van der Waals surface area contributed by atoms with E-state index in [1.54, 1.807) is 7.11 Å². The number of methoxy groups -OCH3 is 1. The van der Waals surface area contributed by atoms with Crippen molar-refractivity contribution in [1.29, 1.82) is 0 Å². The zero-order valence-corrected chi connectivity index (χ0v) is 12.6. The van der Waals surface area contributed by atoms with E-state index in [-0.39, 0.29) is 24.4 Å². The van der Waals surface area contributed by atoms with Gasteiger partial charge in [0.15, 0.2) is 0 Å². The lowest BCUT2D eigenvalue weighted by Crippen LogP contribution is -2.38. The number of ether oxygens (including phenoxy) is 1. The second-order valence-corrected chi connectivity index (χ2v) is 5.15. The van der Waals surface area contributed by atoms with Crippen molar-refractivity contribution >= 4 is 18.3 Å². The molecule has 20 heavy (non-hydrogen) atoms. The van der Waals surface area contributed by atoms with E-state index >= 15 is 0 Å². The third-order valence-corrected chi connectivity index (χ3v) is 3.56. The van der Waals surface area contributed by atoms with Gasteiger partial charge in [0.1, 0.15) is 5.75 Å². The summed E-state index contributed by atoms with van der Waals surface area (Å²) in [7, 11) is 1.64. The molecule has 0 radical (unpaired) electrons. The second-order valence-electron chi connectivity index (χ2n) is 5.15. The van der Waals surface area contributed by atoms with E-state index in [0.717, 1.165) is 17.7 Å². The maximum absolute atomic E-state index is 11.7. The number of nitrogens with one attached hydrogen (secondary N) is 1. The van der Waals surface area contributed by atoms with Gasteiger partial charge in [-0.2, -0.15) is 0 Å². The summed E-state index contributed by atoms with van der Waals surface area (Å²) in [6.45, 7) is 0.603. The number of nitrogens with two attached hydrogens (primary N) is 1. The predicted molar refractivity (Wildman–Crippen MR) is 82.3 cm³/mol. The molecule has 1 aromatic carbocycles. The Kier molecular flexibility index (Phi) is 6.82. The average molecular weight is 299 g/mol. The molecule has 2 rings (SSSR count). The van der Waals surface area contributed by atoms with Crippen LogP contribution in [0.15, 0.2) is 24.3 Å². The van der Waals surface area contributed by atoms with Crippen LogP contribution in [0.4, 0.5) is 0 Å². The highest BCUT2D eigenvalue weighted by atomic mass is 35.5. The van der Waals surface area contributed by atoms with E-state index in [9.17, 15) is 4.79 Å². The minimum Gasteiger partial charge on any atom is -0.497 e. The molecule has 5 heteroatoms. The van der Waals surface area contributed by atoms with Crippen molar-refractivity contribution in [2.45, 2.75) is 31.7 Å². The summed E-state index contributed by atoms with van der Waals surface area (Å²) in [4.78, 5) is 11.7. The monoisotopic (exact) mass is 298 g/mol. The SMILES string of the molecule is COc1ccc(CCC(=O)NCC(N)C2CC2)cc1.Cl. The van der Waals surface area contributed by atoms with Crippen LogP contribution >= 0.6 is 12.4 Å². The molecule has 112 valence electrons. The van der Waals surface area contributed by atoms with Crippen LogP contribution in [0, 0.1) is 5.92 Å². The number of benzene rings is 1. The molecule has 1 unspecified atom stereocenters. The van der Waals surface area contributed by atoms with Gasteiger partial charge < -0.3 is 15.8 Å². The molecular formula is C15H23ClN2O2. The summed E-state index contributed by atoms with van der Waals surface area (Å²) in [5.41, 5.74) is 7.08. The molecule has 1 atom stereocenters. The Morgan fingerprint density at radius 1 is 1.40 bits per heavy atom. The lowest BCUT2D eigenvalue weighted by atomic mass is 10.1. The van der Waals surface area contributed by atoms with Gasteiger partial charge in [0.05, 0.1) is 7.11 Å². The minimum absolute atomic E-state index is 0. The van der Waals surface area contributed by atoms with E-state index in [0.29, 0.717) is 18.9 Å². The van der Waals surface area contributed by atoms with E-state index in [4.69, 9.17) is 10.5 Å². The van der Waals surface area contributed by atoms with Crippen molar-refractivity contribution in [3.05, 3.63) is 29.8 Å². The molecule has 1 fully saturated rings. The molecule has 1 aromatic rings. The fourth-order valence-electron chi connectivity index (χ4n) is 2.06. The minimum atomic E-state index is 0. The standard InChI is InChI=1S/C15H22N2O2.ClH/c1-19-13-7-2-11(3-8-13)4-9-15(18)17-10-14(16)12-5-6-12;/h2-3,7-8,12,14H,4-6,9-10,16H2,1H3,(H,17,18);1H. The fraction of sp³-hybridized carbons (Fsp3) is 0.533.